The molecule has 0 aromatic heterocycles. The molecule has 6 nitrogen and oxygen atoms in total. The van der Waals surface area contributed by atoms with Crippen LogP contribution in [-0.4, -0.2) is 30.7 Å². The maximum absolute atomic E-state index is 12.4. The van der Waals surface area contributed by atoms with Crippen LogP contribution in [0.1, 0.15) is 42.5 Å². The number of nitrogens with zero attached hydrogens (tertiary/aromatic N) is 1. The second kappa shape index (κ2) is 9.93. The minimum atomic E-state index is -4.75. The molecule has 1 amide bonds. The van der Waals surface area contributed by atoms with Crippen LogP contribution < -0.4 is 15.2 Å². The van der Waals surface area contributed by atoms with Gasteiger partial charge in [-0.15, -0.1) is 13.2 Å². The summed E-state index contributed by atoms with van der Waals surface area (Å²) in [4.78, 5) is 16.5. The van der Waals surface area contributed by atoms with Gasteiger partial charge in [0.2, 0.25) is 0 Å². The van der Waals surface area contributed by atoms with Crippen molar-refractivity contribution in [3.05, 3.63) is 58.7 Å². The monoisotopic (exact) mass is 452 g/mol. The first-order valence-electron chi connectivity index (χ1n) is 9.87. The number of carbonyl (C=O) groups is 1. The Bertz CT molecular complexity index is 961. The molecule has 0 bridgehead atoms. The smallest absolute Gasteiger partial charge is 0.477 e. The molecule has 0 saturated carbocycles. The van der Waals surface area contributed by atoms with Crippen molar-refractivity contribution >= 4 is 11.6 Å². The van der Waals surface area contributed by atoms with Gasteiger partial charge in [-0.05, 0) is 87.1 Å². The highest BCUT2D eigenvalue weighted by atomic mass is 19.4. The largest absolute Gasteiger partial charge is 0.573 e. The van der Waals surface area contributed by atoms with E-state index < -0.39 is 17.9 Å². The summed E-state index contributed by atoms with van der Waals surface area (Å²) in [5.74, 6) is -0.269. The van der Waals surface area contributed by atoms with Gasteiger partial charge in [0.05, 0.1) is 5.71 Å². The number of hydrogen-bond acceptors (Lipinski definition) is 5. The van der Waals surface area contributed by atoms with Crippen molar-refractivity contribution < 1.29 is 32.3 Å². The van der Waals surface area contributed by atoms with Gasteiger partial charge >= 0.3 is 6.36 Å². The number of primary amides is 1. The quantitative estimate of drug-likeness (QED) is 0.436. The van der Waals surface area contributed by atoms with Gasteiger partial charge in [0.15, 0.2) is 5.60 Å². The Labute approximate surface area is 185 Å². The standard InChI is InChI=1S/C23H27F3N2O4/c1-14-12-16(13-15(2)20(14)32-22(3,4)21(27)29)6-11-19(28-30-5)17-7-9-18(10-8-17)31-23(24,25)26/h7-10,12-13H,6,11H2,1-5H3,(H2,27,29)/b28-19-. The van der Waals surface area contributed by atoms with E-state index in [9.17, 15) is 18.0 Å². The van der Waals surface area contributed by atoms with Crippen LogP contribution in [0.15, 0.2) is 41.6 Å². The van der Waals surface area contributed by atoms with Crippen LogP contribution in [-0.2, 0) is 16.1 Å². The normalized spacial score (nSPS) is 12.4. The molecule has 174 valence electrons. The Balaban J connectivity index is 2.16. The lowest BCUT2D eigenvalue weighted by atomic mass is 9.98. The summed E-state index contributed by atoms with van der Waals surface area (Å²) in [5, 5.41) is 4.02. The van der Waals surface area contributed by atoms with Gasteiger partial charge < -0.3 is 20.0 Å². The highest BCUT2D eigenvalue weighted by molar-refractivity contribution is 6.00. The number of hydrogen-bond donors (Lipinski definition) is 1. The average molecular weight is 452 g/mol. The maximum Gasteiger partial charge on any atom is 0.573 e. The van der Waals surface area contributed by atoms with Gasteiger partial charge in [-0.25, -0.2) is 0 Å². The molecule has 0 radical (unpaired) electrons. The lowest BCUT2D eigenvalue weighted by Gasteiger charge is -2.25. The van der Waals surface area contributed by atoms with Crippen molar-refractivity contribution in [3.8, 4) is 11.5 Å². The van der Waals surface area contributed by atoms with Crippen molar-refractivity contribution in [1.82, 2.24) is 0 Å². The zero-order valence-electron chi connectivity index (χ0n) is 18.7. The van der Waals surface area contributed by atoms with Crippen molar-refractivity contribution in [2.24, 2.45) is 10.9 Å². The third-order valence-electron chi connectivity index (χ3n) is 4.74. The van der Waals surface area contributed by atoms with E-state index in [0.29, 0.717) is 29.9 Å². The van der Waals surface area contributed by atoms with E-state index in [2.05, 4.69) is 9.89 Å². The number of carbonyl (C=O) groups excluding carboxylic acids is 1. The fourth-order valence-corrected chi connectivity index (χ4v) is 3.12. The van der Waals surface area contributed by atoms with E-state index in [4.69, 9.17) is 15.3 Å². The summed E-state index contributed by atoms with van der Waals surface area (Å²) in [5.41, 5.74) is 8.18. The Morgan fingerprint density at radius 2 is 1.59 bits per heavy atom. The molecule has 0 aliphatic carbocycles. The molecule has 0 spiro atoms. The van der Waals surface area contributed by atoms with E-state index >= 15 is 0 Å². The number of oxime groups is 1. The van der Waals surface area contributed by atoms with Gasteiger partial charge in [0.25, 0.3) is 5.91 Å². The lowest BCUT2D eigenvalue weighted by Crippen LogP contribution is -2.43. The topological polar surface area (TPSA) is 83.1 Å². The molecule has 0 heterocycles. The Hall–Kier alpha value is -3.23. The zero-order chi connectivity index (χ0) is 24.1. The van der Waals surface area contributed by atoms with Crippen molar-refractivity contribution in [2.45, 2.75) is 52.5 Å². The summed E-state index contributed by atoms with van der Waals surface area (Å²) >= 11 is 0. The van der Waals surface area contributed by atoms with Crippen molar-refractivity contribution in [3.63, 3.8) is 0 Å². The number of alkyl halides is 3. The number of aryl methyl sites for hydroxylation is 3. The molecule has 0 fully saturated rings. The van der Waals surface area contributed by atoms with Crippen LogP contribution >= 0.6 is 0 Å². The van der Waals surface area contributed by atoms with Gasteiger partial charge in [-0.2, -0.15) is 0 Å². The molecule has 2 rings (SSSR count). The molecule has 0 aliphatic heterocycles. The van der Waals surface area contributed by atoms with Crippen LogP contribution in [0.4, 0.5) is 13.2 Å². The molecule has 2 aromatic rings. The van der Waals surface area contributed by atoms with E-state index in [-0.39, 0.29) is 5.75 Å². The predicted molar refractivity (Wildman–Crippen MR) is 115 cm³/mol. The molecule has 2 N–H and O–H groups in total. The van der Waals surface area contributed by atoms with Crippen LogP contribution in [0.25, 0.3) is 0 Å². The summed E-state index contributed by atoms with van der Waals surface area (Å²) in [7, 11) is 1.40. The minimum absolute atomic E-state index is 0.307. The number of ether oxygens (including phenoxy) is 2. The molecular weight excluding hydrogens is 425 g/mol. The molecule has 0 saturated heterocycles. The van der Waals surface area contributed by atoms with Gasteiger partial charge in [-0.1, -0.05) is 17.3 Å². The number of halogens is 3. The number of rotatable bonds is 9. The first-order valence-corrected chi connectivity index (χ1v) is 9.87. The minimum Gasteiger partial charge on any atom is -0.477 e. The number of nitrogens with two attached hydrogens (primary N) is 1. The molecule has 9 heteroatoms. The highest BCUT2D eigenvalue weighted by Gasteiger charge is 2.31. The van der Waals surface area contributed by atoms with Crippen LogP contribution in [0.3, 0.4) is 0 Å². The van der Waals surface area contributed by atoms with Crippen LogP contribution in [0.2, 0.25) is 0 Å². The second-order valence-corrected chi connectivity index (χ2v) is 7.83. The number of benzene rings is 2. The molecule has 2 aromatic carbocycles. The van der Waals surface area contributed by atoms with E-state index in [1.165, 1.54) is 31.4 Å². The van der Waals surface area contributed by atoms with E-state index in [0.717, 1.165) is 16.7 Å². The summed E-state index contributed by atoms with van der Waals surface area (Å²) in [6.07, 6.45) is -3.66. The fourth-order valence-electron chi connectivity index (χ4n) is 3.12. The highest BCUT2D eigenvalue weighted by Crippen LogP contribution is 2.29. The Kier molecular flexibility index (Phi) is 7.77. The number of amides is 1. The fraction of sp³-hybridized carbons (Fsp3) is 0.391. The molecule has 0 aliphatic rings. The average Bonchev–Trinajstić information content (AvgIpc) is 2.67. The molecule has 32 heavy (non-hydrogen) atoms. The van der Waals surface area contributed by atoms with Gasteiger partial charge in [-0.3, -0.25) is 4.79 Å². The third kappa shape index (κ3) is 6.90. The van der Waals surface area contributed by atoms with E-state index in [1.807, 2.05) is 26.0 Å². The first-order chi connectivity index (χ1) is 14.8. The maximum atomic E-state index is 12.4. The van der Waals surface area contributed by atoms with Crippen LogP contribution in [0, 0.1) is 13.8 Å². The SMILES string of the molecule is CO/N=C(/CCc1cc(C)c(OC(C)(C)C(N)=O)c(C)c1)c1ccc(OC(F)(F)F)cc1. The summed E-state index contributed by atoms with van der Waals surface area (Å²) < 4.78 is 46.8. The molecule has 0 unspecified atom stereocenters. The van der Waals surface area contributed by atoms with Gasteiger partial charge in [0, 0.05) is 0 Å². The molecule has 0 atom stereocenters. The third-order valence-corrected chi connectivity index (χ3v) is 4.74. The van der Waals surface area contributed by atoms with E-state index in [1.54, 1.807) is 13.8 Å². The summed E-state index contributed by atoms with van der Waals surface area (Å²) in [6, 6.07) is 9.36. The second-order valence-electron chi connectivity index (χ2n) is 7.83. The Morgan fingerprint density at radius 1 is 1.03 bits per heavy atom. The first kappa shape index (κ1) is 25.0. The summed E-state index contributed by atoms with van der Waals surface area (Å²) in [6.45, 7) is 6.99. The van der Waals surface area contributed by atoms with Crippen molar-refractivity contribution in [2.75, 3.05) is 7.11 Å². The van der Waals surface area contributed by atoms with Crippen LogP contribution in [0.5, 0.6) is 11.5 Å². The van der Waals surface area contributed by atoms with Gasteiger partial charge in [0.1, 0.15) is 18.6 Å². The van der Waals surface area contributed by atoms with Crippen molar-refractivity contribution in [1.29, 1.82) is 0 Å². The molecular formula is C23H27F3N2O4. The predicted octanol–water partition coefficient (Wildman–Crippen LogP) is 4.83. The zero-order valence-corrected chi connectivity index (χ0v) is 18.7. The lowest BCUT2D eigenvalue weighted by molar-refractivity contribution is -0.274. The Morgan fingerprint density at radius 3 is 2.06 bits per heavy atom.